The fourth-order valence-electron chi connectivity index (χ4n) is 1.86. The van der Waals surface area contributed by atoms with Gasteiger partial charge in [-0.05, 0) is 29.8 Å². The van der Waals surface area contributed by atoms with Gasteiger partial charge in [-0.1, -0.05) is 23.7 Å². The molecule has 2 heterocycles. The molecule has 0 bridgehead atoms. The highest BCUT2D eigenvalue weighted by atomic mass is 35.5. The summed E-state index contributed by atoms with van der Waals surface area (Å²) in [7, 11) is 0. The molecule has 0 fully saturated rings. The molecule has 1 N–H and O–H groups in total. The first kappa shape index (κ1) is 12.7. The van der Waals surface area contributed by atoms with Gasteiger partial charge in [-0.15, -0.1) is 0 Å². The number of halogens is 1. The van der Waals surface area contributed by atoms with Crippen molar-refractivity contribution in [3.05, 3.63) is 52.8 Å². The van der Waals surface area contributed by atoms with Gasteiger partial charge in [0.05, 0.1) is 0 Å². The Morgan fingerprint density at radius 1 is 1.25 bits per heavy atom. The smallest absolute Gasteiger partial charge is 0.270 e. The number of aromatic nitrogens is 1. The minimum absolute atomic E-state index is 0.234. The second-order valence-corrected chi connectivity index (χ2v) is 4.60. The third-order valence-corrected chi connectivity index (χ3v) is 3.05. The molecule has 0 saturated carbocycles. The van der Waals surface area contributed by atoms with Crippen LogP contribution in [0.15, 0.2) is 36.4 Å². The number of nitrogens with one attached hydrogen (secondary N) is 1. The quantitative estimate of drug-likeness (QED) is 0.882. The van der Waals surface area contributed by atoms with E-state index in [1.54, 1.807) is 18.2 Å². The van der Waals surface area contributed by atoms with E-state index in [2.05, 4.69) is 10.3 Å². The third kappa shape index (κ3) is 2.67. The van der Waals surface area contributed by atoms with Crippen molar-refractivity contribution in [2.45, 2.75) is 6.54 Å². The maximum atomic E-state index is 11.9. The SMILES string of the molecule is O=C(NCc1ccc2c(c1)OCO2)c1cccc(Cl)n1. The first-order valence-electron chi connectivity index (χ1n) is 6.02. The number of benzene rings is 1. The number of pyridine rings is 1. The van der Waals surface area contributed by atoms with Crippen molar-refractivity contribution in [1.29, 1.82) is 0 Å². The molecule has 5 nitrogen and oxygen atoms in total. The van der Waals surface area contributed by atoms with Gasteiger partial charge in [0.1, 0.15) is 10.8 Å². The average molecular weight is 291 g/mol. The Morgan fingerprint density at radius 2 is 2.10 bits per heavy atom. The molecule has 0 atom stereocenters. The van der Waals surface area contributed by atoms with Gasteiger partial charge in [0, 0.05) is 6.54 Å². The summed E-state index contributed by atoms with van der Waals surface area (Å²) in [6.07, 6.45) is 0. The van der Waals surface area contributed by atoms with E-state index in [0.29, 0.717) is 23.1 Å². The monoisotopic (exact) mass is 290 g/mol. The lowest BCUT2D eigenvalue weighted by atomic mass is 10.2. The van der Waals surface area contributed by atoms with Crippen molar-refractivity contribution in [2.24, 2.45) is 0 Å². The Morgan fingerprint density at radius 3 is 2.95 bits per heavy atom. The molecular formula is C14H11ClN2O3. The Hall–Kier alpha value is -2.27. The molecule has 0 radical (unpaired) electrons. The summed E-state index contributed by atoms with van der Waals surface area (Å²) >= 11 is 5.75. The van der Waals surface area contributed by atoms with Crippen LogP contribution in [0.4, 0.5) is 0 Å². The van der Waals surface area contributed by atoms with Crippen molar-refractivity contribution in [2.75, 3.05) is 6.79 Å². The lowest BCUT2D eigenvalue weighted by Crippen LogP contribution is -2.23. The Labute approximate surface area is 120 Å². The number of hydrogen-bond donors (Lipinski definition) is 1. The van der Waals surface area contributed by atoms with Crippen LogP contribution in [0.1, 0.15) is 16.1 Å². The number of amides is 1. The highest BCUT2D eigenvalue weighted by molar-refractivity contribution is 6.29. The molecule has 102 valence electrons. The molecule has 1 amide bonds. The molecule has 0 spiro atoms. The van der Waals surface area contributed by atoms with Crippen LogP contribution in [0.5, 0.6) is 11.5 Å². The van der Waals surface area contributed by atoms with Gasteiger partial charge in [0.2, 0.25) is 6.79 Å². The molecular weight excluding hydrogens is 280 g/mol. The van der Waals surface area contributed by atoms with Crippen molar-refractivity contribution < 1.29 is 14.3 Å². The normalized spacial score (nSPS) is 12.2. The molecule has 1 aliphatic rings. The third-order valence-electron chi connectivity index (χ3n) is 2.84. The van der Waals surface area contributed by atoms with Crippen LogP contribution in [0, 0.1) is 0 Å². The summed E-state index contributed by atoms with van der Waals surface area (Å²) < 4.78 is 10.5. The fourth-order valence-corrected chi connectivity index (χ4v) is 2.02. The van der Waals surface area contributed by atoms with E-state index < -0.39 is 0 Å². The molecule has 1 aromatic carbocycles. The summed E-state index contributed by atoms with van der Waals surface area (Å²) in [6.45, 7) is 0.612. The maximum Gasteiger partial charge on any atom is 0.270 e. The van der Waals surface area contributed by atoms with E-state index in [0.717, 1.165) is 11.3 Å². The summed E-state index contributed by atoms with van der Waals surface area (Å²) in [4.78, 5) is 15.9. The lowest BCUT2D eigenvalue weighted by molar-refractivity contribution is 0.0946. The number of ether oxygens (including phenoxy) is 2. The van der Waals surface area contributed by atoms with E-state index >= 15 is 0 Å². The first-order chi connectivity index (χ1) is 9.72. The second kappa shape index (κ2) is 5.38. The molecule has 2 aromatic rings. The Balaban J connectivity index is 1.66. The highest BCUT2D eigenvalue weighted by Crippen LogP contribution is 2.32. The summed E-state index contributed by atoms with van der Waals surface area (Å²) in [5.41, 5.74) is 1.21. The average Bonchev–Trinajstić information content (AvgIpc) is 2.92. The number of nitrogens with zero attached hydrogens (tertiary/aromatic N) is 1. The van der Waals surface area contributed by atoms with Crippen LogP contribution in [0.3, 0.4) is 0 Å². The minimum Gasteiger partial charge on any atom is -0.454 e. The molecule has 0 unspecified atom stereocenters. The predicted octanol–water partition coefficient (Wildman–Crippen LogP) is 2.39. The number of hydrogen-bond acceptors (Lipinski definition) is 4. The van der Waals surface area contributed by atoms with E-state index in [9.17, 15) is 4.79 Å². The number of rotatable bonds is 3. The molecule has 1 aliphatic heterocycles. The zero-order valence-corrected chi connectivity index (χ0v) is 11.2. The topological polar surface area (TPSA) is 60.5 Å². The van der Waals surface area contributed by atoms with Crippen LogP contribution in [0.2, 0.25) is 5.15 Å². The van der Waals surface area contributed by atoms with Gasteiger partial charge in [0.25, 0.3) is 5.91 Å². The molecule has 0 saturated heterocycles. The lowest BCUT2D eigenvalue weighted by Gasteiger charge is -2.06. The second-order valence-electron chi connectivity index (χ2n) is 4.22. The van der Waals surface area contributed by atoms with Crippen LogP contribution >= 0.6 is 11.6 Å². The van der Waals surface area contributed by atoms with E-state index in [4.69, 9.17) is 21.1 Å². The van der Waals surface area contributed by atoms with Crippen LogP contribution < -0.4 is 14.8 Å². The maximum absolute atomic E-state index is 11.9. The van der Waals surface area contributed by atoms with Gasteiger partial charge < -0.3 is 14.8 Å². The van der Waals surface area contributed by atoms with E-state index in [1.165, 1.54) is 0 Å². The van der Waals surface area contributed by atoms with Gasteiger partial charge in [-0.2, -0.15) is 0 Å². The first-order valence-corrected chi connectivity index (χ1v) is 6.39. The molecule has 3 rings (SSSR count). The van der Waals surface area contributed by atoms with Gasteiger partial charge in [0.15, 0.2) is 11.5 Å². The van der Waals surface area contributed by atoms with Crippen LogP contribution in [-0.2, 0) is 6.54 Å². The van der Waals surface area contributed by atoms with Crippen molar-refractivity contribution >= 4 is 17.5 Å². The molecule has 1 aromatic heterocycles. The molecule has 6 heteroatoms. The largest absolute Gasteiger partial charge is 0.454 e. The van der Waals surface area contributed by atoms with Crippen LogP contribution in [-0.4, -0.2) is 17.7 Å². The minimum atomic E-state index is -0.273. The summed E-state index contributed by atoms with van der Waals surface area (Å²) in [5, 5.41) is 3.07. The summed E-state index contributed by atoms with van der Waals surface area (Å²) in [6, 6.07) is 10.5. The number of fused-ring (bicyclic) bond motifs is 1. The fraction of sp³-hybridized carbons (Fsp3) is 0.143. The standard InChI is InChI=1S/C14H11ClN2O3/c15-13-3-1-2-10(17-13)14(18)16-7-9-4-5-11-12(6-9)20-8-19-11/h1-6H,7-8H2,(H,16,18). The Kier molecular flexibility index (Phi) is 3.43. The number of carbonyl (C=O) groups is 1. The zero-order valence-electron chi connectivity index (χ0n) is 10.4. The zero-order chi connectivity index (χ0) is 13.9. The van der Waals surface area contributed by atoms with Crippen LogP contribution in [0.25, 0.3) is 0 Å². The predicted molar refractivity (Wildman–Crippen MR) is 73.0 cm³/mol. The van der Waals surface area contributed by atoms with Crippen molar-refractivity contribution in [3.63, 3.8) is 0 Å². The molecule has 20 heavy (non-hydrogen) atoms. The Bertz CT molecular complexity index is 661. The number of carbonyl (C=O) groups excluding carboxylic acids is 1. The van der Waals surface area contributed by atoms with Crippen molar-refractivity contribution in [3.8, 4) is 11.5 Å². The van der Waals surface area contributed by atoms with E-state index in [1.807, 2.05) is 18.2 Å². The van der Waals surface area contributed by atoms with Crippen molar-refractivity contribution in [1.82, 2.24) is 10.3 Å². The highest BCUT2D eigenvalue weighted by Gasteiger charge is 2.14. The van der Waals surface area contributed by atoms with Gasteiger partial charge in [-0.3, -0.25) is 4.79 Å². The molecule has 0 aliphatic carbocycles. The summed E-state index contributed by atoms with van der Waals surface area (Å²) in [5.74, 6) is 1.14. The van der Waals surface area contributed by atoms with Gasteiger partial charge >= 0.3 is 0 Å². The van der Waals surface area contributed by atoms with Gasteiger partial charge in [-0.25, -0.2) is 4.98 Å². The van der Waals surface area contributed by atoms with E-state index in [-0.39, 0.29) is 12.7 Å².